The van der Waals surface area contributed by atoms with E-state index in [-0.39, 0.29) is 5.41 Å². The SMILES string of the molecule is CCC(C)(C)c1ccc(OCC(Br)C(F)(F)F)cc1. The second kappa shape index (κ2) is 6.16. The second-order valence-electron chi connectivity index (χ2n) is 5.08. The van der Waals surface area contributed by atoms with Crippen molar-refractivity contribution in [2.24, 2.45) is 0 Å². The Morgan fingerprint density at radius 1 is 1.16 bits per heavy atom. The third-order valence-electron chi connectivity index (χ3n) is 3.27. The van der Waals surface area contributed by atoms with Crippen molar-refractivity contribution in [1.82, 2.24) is 0 Å². The highest BCUT2D eigenvalue weighted by Gasteiger charge is 2.38. The summed E-state index contributed by atoms with van der Waals surface area (Å²) in [6.45, 7) is 5.92. The van der Waals surface area contributed by atoms with Gasteiger partial charge < -0.3 is 4.74 Å². The van der Waals surface area contributed by atoms with Crippen molar-refractivity contribution in [2.45, 2.75) is 43.6 Å². The predicted molar refractivity (Wildman–Crippen MR) is 74.0 cm³/mol. The van der Waals surface area contributed by atoms with Gasteiger partial charge in [-0.1, -0.05) is 48.8 Å². The number of benzene rings is 1. The smallest absolute Gasteiger partial charge is 0.404 e. The van der Waals surface area contributed by atoms with Crippen LogP contribution in [0.2, 0.25) is 0 Å². The van der Waals surface area contributed by atoms with Crippen LogP contribution in [0.15, 0.2) is 24.3 Å². The standard InChI is InChI=1S/C14H18BrF3O/c1-4-13(2,3)10-5-7-11(8-6-10)19-9-12(15)14(16,17)18/h5-8,12H,4,9H2,1-3H3. The maximum Gasteiger partial charge on any atom is 0.404 e. The summed E-state index contributed by atoms with van der Waals surface area (Å²) in [6.07, 6.45) is -3.30. The Labute approximate surface area is 120 Å². The fraction of sp³-hybridized carbons (Fsp3) is 0.571. The molecule has 0 fully saturated rings. The maximum atomic E-state index is 12.3. The van der Waals surface area contributed by atoms with Crippen molar-refractivity contribution in [2.75, 3.05) is 6.61 Å². The van der Waals surface area contributed by atoms with Crippen molar-refractivity contribution >= 4 is 15.9 Å². The highest BCUT2D eigenvalue weighted by Crippen LogP contribution is 2.29. The van der Waals surface area contributed by atoms with Gasteiger partial charge in [-0.15, -0.1) is 0 Å². The number of hydrogen-bond acceptors (Lipinski definition) is 1. The molecule has 0 bridgehead atoms. The van der Waals surface area contributed by atoms with Crippen LogP contribution in [0.25, 0.3) is 0 Å². The fourth-order valence-electron chi connectivity index (χ4n) is 1.47. The summed E-state index contributed by atoms with van der Waals surface area (Å²) >= 11 is 2.56. The molecule has 0 aromatic heterocycles. The van der Waals surface area contributed by atoms with Gasteiger partial charge in [0.2, 0.25) is 0 Å². The van der Waals surface area contributed by atoms with Crippen LogP contribution in [0.5, 0.6) is 5.75 Å². The minimum Gasteiger partial charge on any atom is -0.492 e. The monoisotopic (exact) mass is 338 g/mol. The van der Waals surface area contributed by atoms with Gasteiger partial charge in [0.15, 0.2) is 0 Å². The van der Waals surface area contributed by atoms with E-state index in [4.69, 9.17) is 4.74 Å². The zero-order valence-corrected chi connectivity index (χ0v) is 12.8. The van der Waals surface area contributed by atoms with E-state index in [9.17, 15) is 13.2 Å². The van der Waals surface area contributed by atoms with Gasteiger partial charge in [0.1, 0.15) is 17.2 Å². The molecule has 1 unspecified atom stereocenters. The van der Waals surface area contributed by atoms with Crippen molar-refractivity contribution in [3.05, 3.63) is 29.8 Å². The first-order valence-corrected chi connectivity index (χ1v) is 7.02. The Bertz CT molecular complexity index is 398. The lowest BCUT2D eigenvalue weighted by Crippen LogP contribution is -2.28. The molecule has 0 aliphatic carbocycles. The zero-order chi connectivity index (χ0) is 14.7. The van der Waals surface area contributed by atoms with Crippen LogP contribution in [0.1, 0.15) is 32.8 Å². The molecule has 0 aliphatic rings. The first-order valence-electron chi connectivity index (χ1n) is 6.11. The summed E-state index contributed by atoms with van der Waals surface area (Å²) in [7, 11) is 0. The Balaban J connectivity index is 2.63. The summed E-state index contributed by atoms with van der Waals surface area (Å²) < 4.78 is 42.0. The van der Waals surface area contributed by atoms with E-state index in [1.165, 1.54) is 0 Å². The van der Waals surface area contributed by atoms with Crippen LogP contribution >= 0.6 is 15.9 Å². The average Bonchev–Trinajstić information content (AvgIpc) is 2.35. The molecule has 19 heavy (non-hydrogen) atoms. The largest absolute Gasteiger partial charge is 0.492 e. The van der Waals surface area contributed by atoms with Crippen LogP contribution in [0, 0.1) is 0 Å². The number of alkyl halides is 4. The summed E-state index contributed by atoms with van der Waals surface area (Å²) in [4.78, 5) is -1.65. The molecule has 108 valence electrons. The molecule has 1 rings (SSSR count). The highest BCUT2D eigenvalue weighted by molar-refractivity contribution is 9.09. The first-order chi connectivity index (χ1) is 8.66. The summed E-state index contributed by atoms with van der Waals surface area (Å²) in [5, 5.41) is 0. The Kier molecular flexibility index (Phi) is 5.30. The molecule has 0 radical (unpaired) electrons. The minimum absolute atomic E-state index is 0.0580. The first kappa shape index (κ1) is 16.3. The van der Waals surface area contributed by atoms with E-state index in [0.717, 1.165) is 12.0 Å². The number of rotatable bonds is 5. The van der Waals surface area contributed by atoms with Crippen LogP contribution in [-0.2, 0) is 5.41 Å². The third kappa shape index (κ3) is 4.71. The molecule has 5 heteroatoms. The summed E-state index contributed by atoms with van der Waals surface area (Å²) in [5.74, 6) is 0.448. The van der Waals surface area contributed by atoms with Crippen LogP contribution < -0.4 is 4.74 Å². The maximum absolute atomic E-state index is 12.3. The highest BCUT2D eigenvalue weighted by atomic mass is 79.9. The van der Waals surface area contributed by atoms with E-state index < -0.39 is 17.6 Å². The molecule has 0 saturated heterocycles. The third-order valence-corrected chi connectivity index (χ3v) is 4.05. The average molecular weight is 339 g/mol. The normalized spacial score (nSPS) is 14.3. The molecule has 0 saturated carbocycles. The second-order valence-corrected chi connectivity index (χ2v) is 6.19. The van der Waals surface area contributed by atoms with Crippen molar-refractivity contribution in [3.63, 3.8) is 0 Å². The predicted octanol–water partition coefficient (Wildman–Crippen LogP) is 5.08. The molecule has 1 aromatic carbocycles. The minimum atomic E-state index is -4.29. The number of hydrogen-bond donors (Lipinski definition) is 0. The van der Waals surface area contributed by atoms with Gasteiger partial charge >= 0.3 is 6.18 Å². The van der Waals surface area contributed by atoms with Gasteiger partial charge in [0.05, 0.1) is 0 Å². The van der Waals surface area contributed by atoms with Gasteiger partial charge in [-0.2, -0.15) is 13.2 Å². The van der Waals surface area contributed by atoms with Crippen molar-refractivity contribution < 1.29 is 17.9 Å². The lowest BCUT2D eigenvalue weighted by Gasteiger charge is -2.23. The summed E-state index contributed by atoms with van der Waals surface area (Å²) in [6, 6.07) is 7.22. The fourth-order valence-corrected chi connectivity index (χ4v) is 1.60. The van der Waals surface area contributed by atoms with E-state index in [1.54, 1.807) is 12.1 Å². The van der Waals surface area contributed by atoms with Crippen LogP contribution in [0.4, 0.5) is 13.2 Å². The lowest BCUT2D eigenvalue weighted by molar-refractivity contribution is -0.132. The van der Waals surface area contributed by atoms with E-state index in [1.807, 2.05) is 12.1 Å². The molecule has 0 spiro atoms. The molecule has 0 aliphatic heterocycles. The van der Waals surface area contributed by atoms with Crippen LogP contribution in [0.3, 0.4) is 0 Å². The molecule has 0 amide bonds. The molecule has 1 nitrogen and oxygen atoms in total. The topological polar surface area (TPSA) is 9.23 Å². The molecule has 1 aromatic rings. The summed E-state index contributed by atoms with van der Waals surface area (Å²) in [5.41, 5.74) is 1.20. The lowest BCUT2D eigenvalue weighted by atomic mass is 9.82. The Morgan fingerprint density at radius 2 is 1.68 bits per heavy atom. The van der Waals surface area contributed by atoms with Crippen LogP contribution in [-0.4, -0.2) is 17.6 Å². The Morgan fingerprint density at radius 3 is 2.11 bits per heavy atom. The van der Waals surface area contributed by atoms with Gasteiger partial charge in [-0.25, -0.2) is 0 Å². The molecule has 0 heterocycles. The van der Waals surface area contributed by atoms with Crippen molar-refractivity contribution in [1.29, 1.82) is 0 Å². The molecule has 1 atom stereocenters. The van der Waals surface area contributed by atoms with E-state index in [2.05, 4.69) is 36.7 Å². The van der Waals surface area contributed by atoms with E-state index in [0.29, 0.717) is 5.75 Å². The zero-order valence-electron chi connectivity index (χ0n) is 11.2. The molecular weight excluding hydrogens is 321 g/mol. The van der Waals surface area contributed by atoms with Crippen molar-refractivity contribution in [3.8, 4) is 5.75 Å². The quantitative estimate of drug-likeness (QED) is 0.680. The van der Waals surface area contributed by atoms with Gasteiger partial charge in [-0.05, 0) is 29.5 Å². The van der Waals surface area contributed by atoms with Gasteiger partial charge in [0, 0.05) is 0 Å². The van der Waals surface area contributed by atoms with E-state index >= 15 is 0 Å². The molecule has 0 N–H and O–H groups in total. The van der Waals surface area contributed by atoms with Gasteiger partial charge in [-0.3, -0.25) is 0 Å². The number of halogens is 4. The number of ether oxygens (including phenoxy) is 1. The van der Waals surface area contributed by atoms with Gasteiger partial charge in [0.25, 0.3) is 0 Å². The Hall–Kier alpha value is -0.710. The molecular formula is C14H18BrF3O.